The van der Waals surface area contributed by atoms with Crippen LogP contribution in [0.4, 0.5) is 11.4 Å². The Morgan fingerprint density at radius 2 is 1.76 bits per heavy atom. The predicted octanol–water partition coefficient (Wildman–Crippen LogP) is 3.97. The smallest absolute Gasteiger partial charge is 0.180 e. The van der Waals surface area contributed by atoms with E-state index in [1.807, 2.05) is 59.5 Å². The first-order chi connectivity index (χ1) is 14.2. The number of nitrogens with zero attached hydrogens (tertiary/aromatic N) is 5. The highest BCUT2D eigenvalue weighted by Gasteiger charge is 2.34. The molecule has 2 aromatic carbocycles. The molecule has 1 unspecified atom stereocenters. The molecule has 1 atom stereocenters. The molecule has 0 bridgehead atoms. The first kappa shape index (κ1) is 18.8. The second-order valence-corrected chi connectivity index (χ2v) is 7.22. The number of aldehydes is 1. The molecule has 1 aliphatic rings. The summed E-state index contributed by atoms with van der Waals surface area (Å²) >= 11 is 3.56. The molecule has 0 saturated carbocycles. The third-order valence-corrected chi connectivity index (χ3v) is 5.30. The van der Waals surface area contributed by atoms with Crippen LogP contribution in [0.25, 0.3) is 0 Å². The fourth-order valence-corrected chi connectivity index (χ4v) is 3.75. The van der Waals surface area contributed by atoms with Crippen LogP contribution in [0.3, 0.4) is 0 Å². The quantitative estimate of drug-likeness (QED) is 0.568. The number of aromatic nitrogens is 1. The zero-order valence-electron chi connectivity index (χ0n) is 15.3. The number of hydrogen-bond acceptors (Lipinski definition) is 6. The number of anilines is 2. The number of benzene rings is 2. The topological polar surface area (TPSA) is 72.6 Å². The van der Waals surface area contributed by atoms with Crippen molar-refractivity contribution in [3.05, 3.63) is 88.7 Å². The Hall–Kier alpha value is -3.50. The number of halogens is 1. The minimum absolute atomic E-state index is 0.347. The predicted molar refractivity (Wildman–Crippen MR) is 116 cm³/mol. The lowest BCUT2D eigenvalue weighted by Crippen LogP contribution is -2.54. The molecule has 1 aromatic heterocycles. The van der Waals surface area contributed by atoms with E-state index in [1.165, 1.54) is 0 Å². The molecule has 0 N–H and O–H groups in total. The van der Waals surface area contributed by atoms with Crippen molar-refractivity contribution in [2.24, 2.45) is 5.10 Å². The molecule has 1 aliphatic heterocycles. The summed E-state index contributed by atoms with van der Waals surface area (Å²) in [4.78, 5) is 18.5. The standard InChI is InChI=1S/C22H16BrN5O/c23-17-8-2-4-11-21(17)28-22(15-29)27(20-10-3-1-7-16(20)13-24)14-19(26-28)18-9-5-6-12-25-18/h1-12,15,22H,14H2. The van der Waals surface area contributed by atoms with Crippen molar-refractivity contribution < 1.29 is 4.79 Å². The number of carbonyl (C=O) groups excluding carboxylic acids is 1. The van der Waals surface area contributed by atoms with E-state index in [1.54, 1.807) is 23.3 Å². The van der Waals surface area contributed by atoms with E-state index < -0.39 is 6.17 Å². The van der Waals surface area contributed by atoms with Crippen LogP contribution < -0.4 is 9.91 Å². The van der Waals surface area contributed by atoms with E-state index in [-0.39, 0.29) is 0 Å². The molecule has 4 rings (SSSR count). The lowest BCUT2D eigenvalue weighted by molar-refractivity contribution is -0.109. The van der Waals surface area contributed by atoms with Crippen LogP contribution in [0.5, 0.6) is 0 Å². The molecule has 0 spiro atoms. The number of nitriles is 1. The Kier molecular flexibility index (Phi) is 5.36. The van der Waals surface area contributed by atoms with E-state index in [9.17, 15) is 10.1 Å². The largest absolute Gasteiger partial charge is 0.337 e. The lowest BCUT2D eigenvalue weighted by atomic mass is 10.1. The summed E-state index contributed by atoms with van der Waals surface area (Å²) in [6, 6.07) is 22.7. The second kappa shape index (κ2) is 8.25. The number of hydrazone groups is 1. The van der Waals surface area contributed by atoms with E-state index in [0.29, 0.717) is 29.2 Å². The molecule has 0 aliphatic carbocycles. The van der Waals surface area contributed by atoms with Gasteiger partial charge in [-0.25, -0.2) is 5.01 Å². The number of carbonyl (C=O) groups is 1. The van der Waals surface area contributed by atoms with Crippen molar-refractivity contribution in [3.63, 3.8) is 0 Å². The van der Waals surface area contributed by atoms with Crippen molar-refractivity contribution in [1.82, 2.24) is 4.98 Å². The fraction of sp³-hybridized carbons (Fsp3) is 0.0909. The molecule has 142 valence electrons. The van der Waals surface area contributed by atoms with E-state index >= 15 is 0 Å². The maximum absolute atomic E-state index is 12.2. The van der Waals surface area contributed by atoms with Crippen LogP contribution in [-0.2, 0) is 4.79 Å². The zero-order chi connectivity index (χ0) is 20.2. The van der Waals surface area contributed by atoms with Gasteiger partial charge >= 0.3 is 0 Å². The number of rotatable bonds is 4. The lowest BCUT2D eigenvalue weighted by Gasteiger charge is -2.41. The van der Waals surface area contributed by atoms with Gasteiger partial charge in [-0.3, -0.25) is 9.78 Å². The molecule has 2 heterocycles. The van der Waals surface area contributed by atoms with Gasteiger partial charge in [0.2, 0.25) is 0 Å². The summed E-state index contributed by atoms with van der Waals surface area (Å²) in [7, 11) is 0. The molecule has 0 amide bonds. The maximum Gasteiger partial charge on any atom is 0.180 e. The maximum atomic E-state index is 12.2. The SMILES string of the molecule is N#Cc1ccccc1N1CC(c2ccccn2)=NN(c2ccccc2Br)C1C=O. The molecule has 0 fully saturated rings. The number of para-hydroxylation sites is 2. The third kappa shape index (κ3) is 3.62. The van der Waals surface area contributed by atoms with Gasteiger partial charge in [0.15, 0.2) is 12.5 Å². The Bertz CT molecular complexity index is 1110. The highest BCUT2D eigenvalue weighted by molar-refractivity contribution is 9.10. The summed E-state index contributed by atoms with van der Waals surface area (Å²) in [5, 5.41) is 16.0. The van der Waals surface area contributed by atoms with E-state index in [0.717, 1.165) is 16.4 Å². The number of hydrogen-bond donors (Lipinski definition) is 0. The van der Waals surface area contributed by atoms with E-state index in [2.05, 4.69) is 27.0 Å². The molecule has 3 aromatic rings. The molecular formula is C22H16BrN5O. The van der Waals surface area contributed by atoms with Crippen LogP contribution in [0.2, 0.25) is 0 Å². The molecule has 29 heavy (non-hydrogen) atoms. The van der Waals surface area contributed by atoms with Gasteiger partial charge in [0.1, 0.15) is 11.8 Å². The summed E-state index contributed by atoms with van der Waals surface area (Å²) in [6.45, 7) is 0.347. The molecule has 7 heteroatoms. The van der Waals surface area contributed by atoms with Crippen LogP contribution >= 0.6 is 15.9 Å². The normalized spacial score (nSPS) is 16.1. The summed E-state index contributed by atoms with van der Waals surface area (Å²) in [5.74, 6) is 0. The second-order valence-electron chi connectivity index (χ2n) is 6.36. The molecular weight excluding hydrogens is 430 g/mol. The van der Waals surface area contributed by atoms with Gasteiger partial charge < -0.3 is 4.90 Å². The van der Waals surface area contributed by atoms with Crippen LogP contribution in [0.15, 0.2) is 82.5 Å². The summed E-state index contributed by atoms with van der Waals surface area (Å²) < 4.78 is 0.811. The summed E-state index contributed by atoms with van der Waals surface area (Å²) in [6.07, 6.45) is 1.84. The highest BCUT2D eigenvalue weighted by atomic mass is 79.9. The van der Waals surface area contributed by atoms with Gasteiger partial charge in [0, 0.05) is 10.7 Å². The van der Waals surface area contributed by atoms with Crippen molar-refractivity contribution in [3.8, 4) is 6.07 Å². The third-order valence-electron chi connectivity index (χ3n) is 4.63. The minimum atomic E-state index is -0.712. The van der Waals surface area contributed by atoms with Crippen LogP contribution in [0.1, 0.15) is 11.3 Å². The molecule has 6 nitrogen and oxygen atoms in total. The Balaban J connectivity index is 1.90. The highest BCUT2D eigenvalue weighted by Crippen LogP contribution is 2.33. The summed E-state index contributed by atoms with van der Waals surface area (Å²) in [5.41, 5.74) is 3.33. The average molecular weight is 446 g/mol. The van der Waals surface area contributed by atoms with Gasteiger partial charge in [-0.15, -0.1) is 0 Å². The molecule has 0 radical (unpaired) electrons. The van der Waals surface area contributed by atoms with Gasteiger partial charge in [-0.1, -0.05) is 30.3 Å². The Labute approximate surface area is 176 Å². The average Bonchev–Trinajstić information content (AvgIpc) is 2.79. The minimum Gasteiger partial charge on any atom is -0.337 e. The van der Waals surface area contributed by atoms with E-state index in [4.69, 9.17) is 5.10 Å². The Morgan fingerprint density at radius 3 is 2.45 bits per heavy atom. The first-order valence-electron chi connectivity index (χ1n) is 8.96. The van der Waals surface area contributed by atoms with Gasteiger partial charge in [0.25, 0.3) is 0 Å². The van der Waals surface area contributed by atoms with Gasteiger partial charge in [-0.2, -0.15) is 10.4 Å². The zero-order valence-corrected chi connectivity index (χ0v) is 16.9. The van der Waals surface area contributed by atoms with Crippen molar-refractivity contribution >= 4 is 39.3 Å². The monoisotopic (exact) mass is 445 g/mol. The van der Waals surface area contributed by atoms with Crippen molar-refractivity contribution in [2.45, 2.75) is 6.17 Å². The van der Waals surface area contributed by atoms with Gasteiger partial charge in [0.05, 0.1) is 29.2 Å². The van der Waals surface area contributed by atoms with Crippen LogP contribution in [-0.4, -0.2) is 29.7 Å². The van der Waals surface area contributed by atoms with Gasteiger partial charge in [-0.05, 0) is 52.3 Å². The molecule has 0 saturated heterocycles. The van der Waals surface area contributed by atoms with Crippen molar-refractivity contribution in [2.75, 3.05) is 16.5 Å². The first-order valence-corrected chi connectivity index (χ1v) is 9.76. The number of pyridine rings is 1. The Morgan fingerprint density at radius 1 is 1.03 bits per heavy atom. The van der Waals surface area contributed by atoms with Crippen LogP contribution in [0, 0.1) is 11.3 Å². The van der Waals surface area contributed by atoms with Crippen molar-refractivity contribution in [1.29, 1.82) is 5.26 Å². The fourth-order valence-electron chi connectivity index (χ4n) is 3.28.